The quantitative estimate of drug-likeness (QED) is 0.910. The van der Waals surface area contributed by atoms with Gasteiger partial charge in [0.15, 0.2) is 0 Å². The van der Waals surface area contributed by atoms with E-state index < -0.39 is 0 Å². The van der Waals surface area contributed by atoms with Gasteiger partial charge < -0.3 is 14.5 Å². The minimum Gasteiger partial charge on any atom is -0.497 e. The van der Waals surface area contributed by atoms with Crippen LogP contribution in [0, 0.1) is 0 Å². The summed E-state index contributed by atoms with van der Waals surface area (Å²) in [6.45, 7) is 2.23. The van der Waals surface area contributed by atoms with Crippen molar-refractivity contribution in [3.8, 4) is 5.75 Å². The monoisotopic (exact) mass is 338 g/mol. The molecule has 1 aromatic heterocycles. The molecule has 0 aliphatic carbocycles. The number of halogens is 1. The van der Waals surface area contributed by atoms with E-state index >= 15 is 0 Å². The first-order valence-electron chi connectivity index (χ1n) is 6.19. The molecule has 1 heterocycles. The Hall–Kier alpha value is -1.82. The second kappa shape index (κ2) is 6.56. The molecule has 0 bridgehead atoms. The van der Waals surface area contributed by atoms with E-state index in [1.54, 1.807) is 31.5 Å². The molecule has 0 fully saturated rings. The Kier molecular flexibility index (Phi) is 4.79. The van der Waals surface area contributed by atoms with Crippen molar-refractivity contribution in [3.05, 3.63) is 46.1 Å². The average Bonchev–Trinajstić information content (AvgIpc) is 2.93. The van der Waals surface area contributed by atoms with Gasteiger partial charge in [0.05, 0.1) is 25.4 Å². The molecule has 0 radical (unpaired) electrons. The maximum absolute atomic E-state index is 12.1. The van der Waals surface area contributed by atoms with E-state index in [1.807, 2.05) is 6.92 Å². The van der Waals surface area contributed by atoms with Crippen molar-refractivity contribution in [2.24, 2.45) is 0 Å². The summed E-state index contributed by atoms with van der Waals surface area (Å²) < 4.78 is 11.2. The second-order valence-corrected chi connectivity index (χ2v) is 4.96. The summed E-state index contributed by atoms with van der Waals surface area (Å²) in [6, 6.07) is 5.23. The molecular weight excluding hydrogens is 324 g/mol. The average molecular weight is 339 g/mol. The first kappa shape index (κ1) is 14.6. The molecule has 0 aliphatic rings. The van der Waals surface area contributed by atoms with Crippen LogP contribution in [0.15, 0.2) is 33.3 Å². The fourth-order valence-electron chi connectivity index (χ4n) is 1.65. The zero-order valence-electron chi connectivity index (χ0n) is 11.3. The van der Waals surface area contributed by atoms with Gasteiger partial charge in [0.1, 0.15) is 11.5 Å². The van der Waals surface area contributed by atoms with Crippen LogP contribution in [0.2, 0.25) is 0 Å². The zero-order valence-corrected chi connectivity index (χ0v) is 12.9. The van der Waals surface area contributed by atoms with Gasteiger partial charge in [-0.05, 0) is 34.1 Å². The Balaban J connectivity index is 2.04. The van der Waals surface area contributed by atoms with Crippen molar-refractivity contribution in [1.82, 2.24) is 10.3 Å². The number of nitrogens with zero attached hydrogens (tertiary/aromatic N) is 1. The van der Waals surface area contributed by atoms with E-state index in [9.17, 15) is 4.79 Å². The number of carbonyl (C=O) groups is 1. The molecule has 6 heteroatoms. The van der Waals surface area contributed by atoms with Crippen LogP contribution in [0.3, 0.4) is 0 Å². The van der Waals surface area contributed by atoms with Gasteiger partial charge in [-0.25, -0.2) is 4.98 Å². The number of nitrogens with one attached hydrogen (secondary N) is 1. The minimum absolute atomic E-state index is 0.216. The standard InChI is InChI=1S/C14H15BrN2O3/c1-3-9-7-16-13(20-9)8-17-14(18)11-6-10(19-2)4-5-12(11)15/h4-7H,3,8H2,1-2H3,(H,17,18). The molecular formula is C14H15BrN2O3. The number of carbonyl (C=O) groups excluding carboxylic acids is 1. The summed E-state index contributed by atoms with van der Waals surface area (Å²) in [4.78, 5) is 16.2. The van der Waals surface area contributed by atoms with E-state index in [4.69, 9.17) is 9.15 Å². The molecule has 0 aliphatic heterocycles. The lowest BCUT2D eigenvalue weighted by Crippen LogP contribution is -2.23. The van der Waals surface area contributed by atoms with Crippen molar-refractivity contribution < 1.29 is 13.9 Å². The van der Waals surface area contributed by atoms with Crippen molar-refractivity contribution in [1.29, 1.82) is 0 Å². The van der Waals surface area contributed by atoms with E-state index in [0.29, 0.717) is 21.7 Å². The Morgan fingerprint density at radius 3 is 2.95 bits per heavy atom. The van der Waals surface area contributed by atoms with Gasteiger partial charge in [-0.2, -0.15) is 0 Å². The summed E-state index contributed by atoms with van der Waals surface area (Å²) in [7, 11) is 1.56. The molecule has 1 amide bonds. The van der Waals surface area contributed by atoms with Crippen LogP contribution in [0.1, 0.15) is 28.9 Å². The number of hydrogen-bond donors (Lipinski definition) is 1. The maximum atomic E-state index is 12.1. The lowest BCUT2D eigenvalue weighted by atomic mass is 10.2. The summed E-state index contributed by atoms with van der Waals surface area (Å²) in [5, 5.41) is 2.76. The van der Waals surface area contributed by atoms with Gasteiger partial charge in [-0.1, -0.05) is 6.92 Å². The van der Waals surface area contributed by atoms with E-state index in [2.05, 4.69) is 26.2 Å². The highest BCUT2D eigenvalue weighted by molar-refractivity contribution is 9.10. The van der Waals surface area contributed by atoms with E-state index in [0.717, 1.165) is 12.2 Å². The number of ether oxygens (including phenoxy) is 1. The highest BCUT2D eigenvalue weighted by atomic mass is 79.9. The molecule has 0 atom stereocenters. The van der Waals surface area contributed by atoms with Crippen molar-refractivity contribution in [2.75, 3.05) is 7.11 Å². The third-order valence-corrected chi connectivity index (χ3v) is 3.46. The van der Waals surface area contributed by atoms with Crippen LogP contribution in [0.4, 0.5) is 0 Å². The van der Waals surface area contributed by atoms with E-state index in [1.165, 1.54) is 0 Å². The van der Waals surface area contributed by atoms with Crippen molar-refractivity contribution in [2.45, 2.75) is 19.9 Å². The van der Waals surface area contributed by atoms with Gasteiger partial charge in [-0.15, -0.1) is 0 Å². The smallest absolute Gasteiger partial charge is 0.252 e. The van der Waals surface area contributed by atoms with Gasteiger partial charge in [-0.3, -0.25) is 4.79 Å². The molecule has 5 nitrogen and oxygen atoms in total. The first-order chi connectivity index (χ1) is 9.63. The van der Waals surface area contributed by atoms with Crippen LogP contribution < -0.4 is 10.1 Å². The minimum atomic E-state index is -0.216. The van der Waals surface area contributed by atoms with Crippen LogP contribution in [-0.4, -0.2) is 18.0 Å². The van der Waals surface area contributed by atoms with Gasteiger partial charge >= 0.3 is 0 Å². The number of rotatable bonds is 5. The van der Waals surface area contributed by atoms with Crippen molar-refractivity contribution in [3.63, 3.8) is 0 Å². The SMILES string of the molecule is CCc1cnc(CNC(=O)c2cc(OC)ccc2Br)o1. The largest absolute Gasteiger partial charge is 0.497 e. The molecule has 2 aromatic rings. The fourth-order valence-corrected chi connectivity index (χ4v) is 2.08. The number of benzene rings is 1. The molecule has 1 aromatic carbocycles. The molecule has 1 N–H and O–H groups in total. The molecule has 0 unspecified atom stereocenters. The third-order valence-electron chi connectivity index (χ3n) is 2.77. The Bertz CT molecular complexity index is 610. The molecule has 0 spiro atoms. The van der Waals surface area contributed by atoms with Gasteiger partial charge in [0.25, 0.3) is 5.91 Å². The van der Waals surface area contributed by atoms with E-state index in [-0.39, 0.29) is 12.5 Å². The van der Waals surface area contributed by atoms with Crippen LogP contribution >= 0.6 is 15.9 Å². The lowest BCUT2D eigenvalue weighted by Gasteiger charge is -2.07. The number of methoxy groups -OCH3 is 1. The van der Waals surface area contributed by atoms with Crippen LogP contribution in [0.25, 0.3) is 0 Å². The molecule has 0 saturated carbocycles. The Morgan fingerprint density at radius 2 is 2.30 bits per heavy atom. The number of hydrogen-bond acceptors (Lipinski definition) is 4. The molecule has 2 rings (SSSR count). The van der Waals surface area contributed by atoms with Crippen molar-refractivity contribution >= 4 is 21.8 Å². The summed E-state index contributed by atoms with van der Waals surface area (Å²) in [6.07, 6.45) is 2.45. The normalized spacial score (nSPS) is 10.3. The third kappa shape index (κ3) is 3.39. The first-order valence-corrected chi connectivity index (χ1v) is 6.98. The van der Waals surface area contributed by atoms with Gasteiger partial charge in [0.2, 0.25) is 5.89 Å². The summed E-state index contributed by atoms with van der Waals surface area (Å²) >= 11 is 3.35. The van der Waals surface area contributed by atoms with Gasteiger partial charge in [0, 0.05) is 10.9 Å². The topological polar surface area (TPSA) is 64.4 Å². The fraction of sp³-hybridized carbons (Fsp3) is 0.286. The zero-order chi connectivity index (χ0) is 14.5. The Labute approximate surface area is 125 Å². The highest BCUT2D eigenvalue weighted by Crippen LogP contribution is 2.22. The Morgan fingerprint density at radius 1 is 1.50 bits per heavy atom. The van der Waals surface area contributed by atoms with Crippen LogP contribution in [-0.2, 0) is 13.0 Å². The molecule has 0 saturated heterocycles. The number of aryl methyl sites for hydroxylation is 1. The van der Waals surface area contributed by atoms with Crippen LogP contribution in [0.5, 0.6) is 5.75 Å². The second-order valence-electron chi connectivity index (χ2n) is 4.10. The predicted molar refractivity (Wildman–Crippen MR) is 77.7 cm³/mol. The lowest BCUT2D eigenvalue weighted by molar-refractivity contribution is 0.0946. The maximum Gasteiger partial charge on any atom is 0.252 e. The number of oxazole rings is 1. The number of aromatic nitrogens is 1. The predicted octanol–water partition coefficient (Wildman–Crippen LogP) is 2.94. The summed E-state index contributed by atoms with van der Waals surface area (Å²) in [5.41, 5.74) is 0.506. The molecule has 20 heavy (non-hydrogen) atoms. The highest BCUT2D eigenvalue weighted by Gasteiger charge is 2.12. The number of amides is 1. The summed E-state index contributed by atoms with van der Waals surface area (Å²) in [5.74, 6) is 1.71. The molecule has 106 valence electrons.